The topological polar surface area (TPSA) is 105 Å². The smallest absolute Gasteiger partial charge is 0.308 e. The van der Waals surface area contributed by atoms with Crippen molar-refractivity contribution in [3.63, 3.8) is 0 Å². The van der Waals surface area contributed by atoms with Crippen LogP contribution in [-0.4, -0.2) is 36.5 Å². The lowest BCUT2D eigenvalue weighted by molar-refractivity contribution is -0.187. The van der Waals surface area contributed by atoms with Crippen molar-refractivity contribution in [2.24, 2.45) is 0 Å². The van der Waals surface area contributed by atoms with Crippen molar-refractivity contribution in [1.82, 2.24) is 0 Å². The summed E-state index contributed by atoms with van der Waals surface area (Å²) in [6, 6.07) is 0. The Morgan fingerprint density at radius 1 is 0.278 bits per heavy atom. The molecule has 0 aromatic rings. The summed E-state index contributed by atoms with van der Waals surface area (Å²) in [5.74, 6) is -1.65. The van der Waals surface area contributed by atoms with Crippen LogP contribution in [0.25, 0.3) is 0 Å². The molecule has 0 heterocycles. The molecule has 8 heteroatoms. The van der Waals surface area contributed by atoms with Gasteiger partial charge in [0.05, 0.1) is 0 Å². The zero-order valence-corrected chi connectivity index (χ0v) is 35.9. The maximum atomic E-state index is 12.1. The molecule has 0 spiro atoms. The second-order valence-electron chi connectivity index (χ2n) is 15.7. The highest BCUT2D eigenvalue weighted by atomic mass is 16.7. The van der Waals surface area contributed by atoms with Gasteiger partial charge in [-0.1, -0.05) is 194 Å². The fraction of sp³-hybridized carbons (Fsp3) is 0.913. The first-order chi connectivity index (χ1) is 26.3. The first kappa shape index (κ1) is 51.9. The van der Waals surface area contributed by atoms with Gasteiger partial charge >= 0.3 is 23.9 Å². The van der Waals surface area contributed by atoms with Crippen molar-refractivity contribution in [3.05, 3.63) is 0 Å². The zero-order chi connectivity index (χ0) is 39.7. The standard InChI is InChI=1S/C46H86O8/c1-5-7-9-11-13-15-17-19-21-23-25-27-29-31-33-37-43(47)51-41(3)53-45(49)39-35-36-40-46(50)54-42(4)52-44(48)38-34-32-30-28-26-24-22-20-18-16-14-12-10-8-6-2/h41-42H,5-40H2,1-4H3. The van der Waals surface area contributed by atoms with Gasteiger partial charge < -0.3 is 18.9 Å². The Bertz CT molecular complexity index is 805. The van der Waals surface area contributed by atoms with E-state index < -0.39 is 24.5 Å². The molecule has 0 saturated carbocycles. The van der Waals surface area contributed by atoms with Gasteiger partial charge in [0.2, 0.25) is 12.6 Å². The van der Waals surface area contributed by atoms with E-state index in [1.807, 2.05) is 0 Å². The third kappa shape index (κ3) is 39.6. The summed E-state index contributed by atoms with van der Waals surface area (Å²) < 4.78 is 20.9. The third-order valence-electron chi connectivity index (χ3n) is 10.2. The van der Waals surface area contributed by atoms with E-state index in [0.29, 0.717) is 25.7 Å². The molecule has 0 aliphatic heterocycles. The minimum Gasteiger partial charge on any atom is -0.425 e. The fourth-order valence-corrected chi connectivity index (χ4v) is 6.84. The van der Waals surface area contributed by atoms with E-state index in [4.69, 9.17) is 18.9 Å². The Kier molecular flexibility index (Phi) is 38.9. The molecule has 0 rings (SSSR count). The summed E-state index contributed by atoms with van der Waals surface area (Å²) in [7, 11) is 0. The quantitative estimate of drug-likeness (QED) is 0.0344. The van der Waals surface area contributed by atoms with E-state index in [1.54, 1.807) is 13.8 Å². The highest BCUT2D eigenvalue weighted by Gasteiger charge is 2.16. The average molecular weight is 767 g/mol. The van der Waals surface area contributed by atoms with Crippen molar-refractivity contribution in [2.45, 2.75) is 271 Å². The molecule has 0 fully saturated rings. The number of rotatable bonds is 41. The van der Waals surface area contributed by atoms with Gasteiger partial charge in [-0.2, -0.15) is 0 Å². The molecule has 0 saturated heterocycles. The van der Waals surface area contributed by atoms with Crippen LogP contribution in [0.1, 0.15) is 259 Å². The monoisotopic (exact) mass is 767 g/mol. The van der Waals surface area contributed by atoms with Crippen LogP contribution in [0, 0.1) is 0 Å². The highest BCUT2D eigenvalue weighted by molar-refractivity contribution is 5.72. The molecule has 2 atom stereocenters. The molecule has 0 aliphatic rings. The maximum Gasteiger partial charge on any atom is 0.308 e. The van der Waals surface area contributed by atoms with Crippen LogP contribution in [0.15, 0.2) is 0 Å². The minimum atomic E-state index is -0.934. The Balaban J connectivity index is 3.63. The molecule has 0 radical (unpaired) electrons. The lowest BCUT2D eigenvalue weighted by atomic mass is 10.0. The molecule has 8 nitrogen and oxygen atoms in total. The first-order valence-corrected chi connectivity index (χ1v) is 23.1. The van der Waals surface area contributed by atoms with E-state index in [0.717, 1.165) is 38.5 Å². The number of hydrogen-bond donors (Lipinski definition) is 0. The van der Waals surface area contributed by atoms with Crippen molar-refractivity contribution in [1.29, 1.82) is 0 Å². The predicted octanol–water partition coefficient (Wildman–Crippen LogP) is 13.9. The summed E-state index contributed by atoms with van der Waals surface area (Å²) in [5, 5.41) is 0. The Morgan fingerprint density at radius 2 is 0.426 bits per heavy atom. The van der Waals surface area contributed by atoms with Crippen molar-refractivity contribution in [2.75, 3.05) is 0 Å². The van der Waals surface area contributed by atoms with Gasteiger partial charge in [-0.15, -0.1) is 0 Å². The summed E-state index contributed by atoms with van der Waals surface area (Å²) in [6.07, 6.45) is 37.9. The second-order valence-corrected chi connectivity index (χ2v) is 15.7. The lowest BCUT2D eigenvalue weighted by Gasteiger charge is -2.15. The van der Waals surface area contributed by atoms with Gasteiger partial charge in [-0.25, -0.2) is 0 Å². The normalized spacial score (nSPS) is 12.3. The number of carbonyl (C=O) groups excluding carboxylic acids is 4. The van der Waals surface area contributed by atoms with Gasteiger partial charge in [0.1, 0.15) is 0 Å². The SMILES string of the molecule is CCCCCCCCCCCCCCCCCC(=O)OC(C)OC(=O)CCCCC(=O)OC(C)OC(=O)CCCCCCCCCCCCCCCCC. The van der Waals surface area contributed by atoms with Crippen LogP contribution < -0.4 is 0 Å². The van der Waals surface area contributed by atoms with Gasteiger partial charge in [-0.05, 0) is 25.7 Å². The van der Waals surface area contributed by atoms with Gasteiger partial charge in [0, 0.05) is 39.5 Å². The van der Waals surface area contributed by atoms with Gasteiger partial charge in [0.15, 0.2) is 0 Å². The largest absolute Gasteiger partial charge is 0.425 e. The average Bonchev–Trinajstić information content (AvgIpc) is 3.13. The summed E-state index contributed by atoms with van der Waals surface area (Å²) >= 11 is 0. The molecule has 2 unspecified atom stereocenters. The van der Waals surface area contributed by atoms with Crippen LogP contribution in [0.2, 0.25) is 0 Å². The van der Waals surface area contributed by atoms with E-state index in [9.17, 15) is 19.2 Å². The molecule has 0 aromatic heterocycles. The second kappa shape index (κ2) is 40.5. The Labute approximate surface area is 332 Å². The van der Waals surface area contributed by atoms with Crippen molar-refractivity contribution < 1.29 is 38.1 Å². The van der Waals surface area contributed by atoms with Crippen molar-refractivity contribution in [3.8, 4) is 0 Å². The molecule has 0 N–H and O–H groups in total. The van der Waals surface area contributed by atoms with Crippen LogP contribution in [0.3, 0.4) is 0 Å². The zero-order valence-electron chi connectivity index (χ0n) is 35.9. The molecule has 0 bridgehead atoms. The van der Waals surface area contributed by atoms with Gasteiger partial charge in [-0.3, -0.25) is 19.2 Å². The van der Waals surface area contributed by atoms with Gasteiger partial charge in [0.25, 0.3) is 0 Å². The summed E-state index contributed by atoms with van der Waals surface area (Å²) in [6.45, 7) is 7.61. The van der Waals surface area contributed by atoms with E-state index >= 15 is 0 Å². The van der Waals surface area contributed by atoms with Crippen LogP contribution in [0.5, 0.6) is 0 Å². The number of carbonyl (C=O) groups is 4. The molecule has 0 aromatic carbocycles. The maximum absolute atomic E-state index is 12.1. The summed E-state index contributed by atoms with van der Waals surface area (Å²) in [5.41, 5.74) is 0. The van der Waals surface area contributed by atoms with E-state index in [1.165, 1.54) is 154 Å². The lowest BCUT2D eigenvalue weighted by Crippen LogP contribution is -2.22. The minimum absolute atomic E-state index is 0.109. The number of ether oxygens (including phenoxy) is 4. The number of unbranched alkanes of at least 4 members (excludes halogenated alkanes) is 29. The molecule has 54 heavy (non-hydrogen) atoms. The third-order valence-corrected chi connectivity index (χ3v) is 10.2. The predicted molar refractivity (Wildman–Crippen MR) is 221 cm³/mol. The molecule has 0 amide bonds. The van der Waals surface area contributed by atoms with Crippen LogP contribution in [-0.2, 0) is 38.1 Å². The van der Waals surface area contributed by atoms with Crippen LogP contribution in [0.4, 0.5) is 0 Å². The molecule has 0 aliphatic carbocycles. The Morgan fingerprint density at radius 3 is 0.611 bits per heavy atom. The fourth-order valence-electron chi connectivity index (χ4n) is 6.84. The number of esters is 4. The molecular weight excluding hydrogens is 680 g/mol. The molecular formula is C46H86O8. The summed E-state index contributed by atoms with van der Waals surface area (Å²) in [4.78, 5) is 48.6. The van der Waals surface area contributed by atoms with Crippen molar-refractivity contribution >= 4 is 23.9 Å². The highest BCUT2D eigenvalue weighted by Crippen LogP contribution is 2.16. The number of hydrogen-bond acceptors (Lipinski definition) is 8. The molecule has 318 valence electrons. The van der Waals surface area contributed by atoms with E-state index in [2.05, 4.69) is 13.8 Å². The van der Waals surface area contributed by atoms with Crippen LogP contribution >= 0.6 is 0 Å². The van der Waals surface area contributed by atoms with E-state index in [-0.39, 0.29) is 24.8 Å². The Hall–Kier alpha value is -2.12. The first-order valence-electron chi connectivity index (χ1n) is 23.1.